The number of unbranched alkanes of at least 4 members (excludes halogenated alkanes) is 1. The molecular weight excluding hydrogens is 427 g/mol. The number of nitrogens with one attached hydrogen (secondary N) is 1. The molecule has 3 N–H and O–H groups in total. The molecule has 2 amide bonds. The van der Waals surface area contributed by atoms with Crippen molar-refractivity contribution in [1.29, 1.82) is 0 Å². The van der Waals surface area contributed by atoms with Gasteiger partial charge in [0.1, 0.15) is 5.82 Å². The van der Waals surface area contributed by atoms with Gasteiger partial charge in [-0.3, -0.25) is 14.6 Å². The van der Waals surface area contributed by atoms with E-state index in [1.165, 1.54) is 28.8 Å². The van der Waals surface area contributed by atoms with E-state index in [2.05, 4.69) is 10.3 Å². The molecule has 0 radical (unpaired) electrons. The summed E-state index contributed by atoms with van der Waals surface area (Å²) in [4.78, 5) is 32.4. The first-order valence-corrected chi connectivity index (χ1v) is 11.6. The zero-order valence-electron chi connectivity index (χ0n) is 17.8. The Hall–Kier alpha value is -2.97. The molecule has 6 nitrogen and oxygen atoms in total. The first kappa shape index (κ1) is 22.2. The highest BCUT2D eigenvalue weighted by Gasteiger charge is 2.31. The van der Waals surface area contributed by atoms with Crippen LogP contribution in [-0.4, -0.2) is 35.1 Å². The number of thioether (sulfide) groups is 1. The first-order chi connectivity index (χ1) is 15.5. The Bertz CT molecular complexity index is 1170. The Labute approximate surface area is 190 Å². The van der Waals surface area contributed by atoms with Crippen LogP contribution in [0.25, 0.3) is 10.9 Å². The van der Waals surface area contributed by atoms with Gasteiger partial charge in [-0.25, -0.2) is 4.39 Å². The monoisotopic (exact) mass is 452 g/mol. The van der Waals surface area contributed by atoms with E-state index in [1.54, 1.807) is 0 Å². The highest BCUT2D eigenvalue weighted by molar-refractivity contribution is 7.99. The van der Waals surface area contributed by atoms with E-state index in [-0.39, 0.29) is 18.0 Å². The molecule has 1 aromatic heterocycles. The highest BCUT2D eigenvalue weighted by Crippen LogP contribution is 2.37. The number of hydrogen-bond donors (Lipinski definition) is 2. The van der Waals surface area contributed by atoms with Gasteiger partial charge in [-0.15, -0.1) is 11.8 Å². The smallest absolute Gasteiger partial charge is 0.254 e. The average molecular weight is 453 g/mol. The van der Waals surface area contributed by atoms with E-state index in [4.69, 9.17) is 5.73 Å². The molecule has 32 heavy (non-hydrogen) atoms. The van der Waals surface area contributed by atoms with Gasteiger partial charge < -0.3 is 16.0 Å². The van der Waals surface area contributed by atoms with Crippen LogP contribution in [-0.2, 0) is 11.3 Å². The summed E-state index contributed by atoms with van der Waals surface area (Å²) in [6.07, 6.45) is 1.73. The Morgan fingerprint density at radius 2 is 2.09 bits per heavy atom. The van der Waals surface area contributed by atoms with Crippen LogP contribution < -0.4 is 16.0 Å². The zero-order valence-corrected chi connectivity index (χ0v) is 18.6. The van der Waals surface area contributed by atoms with Crippen LogP contribution in [0.1, 0.15) is 35.8 Å². The second kappa shape index (κ2) is 9.67. The molecule has 0 saturated heterocycles. The Balaban J connectivity index is 1.71. The molecule has 1 aliphatic rings. The number of nitrogens with two attached hydrogens (primary N) is 1. The number of carbonyl (C=O) groups excluding carboxylic acids is 2. The quantitative estimate of drug-likeness (QED) is 0.555. The summed E-state index contributed by atoms with van der Waals surface area (Å²) < 4.78 is 14.8. The molecule has 0 unspecified atom stereocenters. The van der Waals surface area contributed by atoms with Crippen molar-refractivity contribution >= 4 is 40.2 Å². The number of fused-ring (bicyclic) bond motifs is 2. The van der Waals surface area contributed by atoms with E-state index in [1.807, 2.05) is 43.3 Å². The summed E-state index contributed by atoms with van der Waals surface area (Å²) in [6.45, 7) is 2.66. The molecule has 0 fully saturated rings. The molecule has 4 rings (SSSR count). The number of aromatic nitrogens is 1. The molecule has 3 aromatic rings. The van der Waals surface area contributed by atoms with Gasteiger partial charge >= 0.3 is 0 Å². The maximum atomic E-state index is 14.8. The highest BCUT2D eigenvalue weighted by atomic mass is 32.2. The lowest BCUT2D eigenvalue weighted by Gasteiger charge is -2.25. The van der Waals surface area contributed by atoms with Gasteiger partial charge in [-0.1, -0.05) is 37.6 Å². The number of amides is 2. The lowest BCUT2D eigenvalue weighted by atomic mass is 10.1. The maximum absolute atomic E-state index is 14.8. The third-order valence-electron chi connectivity index (χ3n) is 5.38. The van der Waals surface area contributed by atoms with E-state index < -0.39 is 17.8 Å². The molecule has 8 heteroatoms. The summed E-state index contributed by atoms with van der Waals surface area (Å²) >= 11 is 1.31. The van der Waals surface area contributed by atoms with Crippen molar-refractivity contribution in [2.24, 2.45) is 5.73 Å². The van der Waals surface area contributed by atoms with Gasteiger partial charge in [0.05, 0.1) is 35.0 Å². The second-order valence-electron chi connectivity index (χ2n) is 7.75. The summed E-state index contributed by atoms with van der Waals surface area (Å²) in [5, 5.41) is 3.74. The first-order valence-electron chi connectivity index (χ1n) is 10.6. The fraction of sp³-hybridized carbons (Fsp3) is 0.292. The van der Waals surface area contributed by atoms with Gasteiger partial charge in [-0.05, 0) is 30.7 Å². The van der Waals surface area contributed by atoms with Crippen molar-refractivity contribution in [3.63, 3.8) is 0 Å². The summed E-state index contributed by atoms with van der Waals surface area (Å²) in [6, 6.07) is 13.6. The number of para-hydroxylation sites is 1. The van der Waals surface area contributed by atoms with Crippen molar-refractivity contribution in [1.82, 2.24) is 10.3 Å². The van der Waals surface area contributed by atoms with Gasteiger partial charge in [0.2, 0.25) is 5.91 Å². The number of carbonyl (C=O) groups is 2. The predicted octanol–water partition coefficient (Wildman–Crippen LogP) is 3.87. The predicted molar refractivity (Wildman–Crippen MR) is 125 cm³/mol. The maximum Gasteiger partial charge on any atom is 0.254 e. The summed E-state index contributed by atoms with van der Waals surface area (Å²) in [7, 11) is 0. The number of nitrogens with zero attached hydrogens (tertiary/aromatic N) is 2. The average Bonchev–Trinajstić information content (AvgIpc) is 2.90. The molecule has 0 spiro atoms. The third-order valence-corrected chi connectivity index (χ3v) is 6.54. The molecule has 0 saturated carbocycles. The largest absolute Gasteiger partial charge is 0.352 e. The van der Waals surface area contributed by atoms with Crippen molar-refractivity contribution in [2.75, 3.05) is 17.2 Å². The second-order valence-corrected chi connectivity index (χ2v) is 8.81. The Morgan fingerprint density at radius 1 is 1.28 bits per heavy atom. The molecule has 0 bridgehead atoms. The lowest BCUT2D eigenvalue weighted by Crippen LogP contribution is -2.44. The minimum atomic E-state index is -0.738. The van der Waals surface area contributed by atoms with Crippen LogP contribution in [0.4, 0.5) is 10.1 Å². The van der Waals surface area contributed by atoms with Crippen LogP contribution >= 0.6 is 11.8 Å². The number of anilines is 1. The SMILES string of the molecule is CCCCNC(=O)c1cc2c(cc1F)SC[C@H](N)C(=O)N2Cc1ccc2ccccc2n1. The summed E-state index contributed by atoms with van der Waals surface area (Å²) in [5.41, 5.74) is 8.00. The minimum Gasteiger partial charge on any atom is -0.352 e. The fourth-order valence-corrected chi connectivity index (χ4v) is 4.61. The van der Waals surface area contributed by atoms with Crippen molar-refractivity contribution < 1.29 is 14.0 Å². The van der Waals surface area contributed by atoms with Crippen molar-refractivity contribution in [3.05, 3.63) is 65.6 Å². The van der Waals surface area contributed by atoms with E-state index in [9.17, 15) is 14.0 Å². The zero-order chi connectivity index (χ0) is 22.7. The Morgan fingerprint density at radius 3 is 2.91 bits per heavy atom. The van der Waals surface area contributed by atoms with Gasteiger partial charge in [-0.2, -0.15) is 0 Å². The van der Waals surface area contributed by atoms with Crippen LogP contribution in [0, 0.1) is 5.82 Å². The number of hydrogen-bond acceptors (Lipinski definition) is 5. The molecule has 0 aliphatic carbocycles. The molecule has 166 valence electrons. The van der Waals surface area contributed by atoms with Gasteiger partial charge in [0.25, 0.3) is 5.91 Å². The lowest BCUT2D eigenvalue weighted by molar-refractivity contribution is -0.119. The third kappa shape index (κ3) is 4.61. The van der Waals surface area contributed by atoms with Crippen molar-refractivity contribution in [3.8, 4) is 0 Å². The van der Waals surface area contributed by atoms with Gasteiger partial charge in [0, 0.05) is 22.6 Å². The number of rotatable bonds is 6. The Kier molecular flexibility index (Phi) is 6.72. The molecule has 1 atom stereocenters. The van der Waals surface area contributed by atoms with E-state index in [0.717, 1.165) is 23.7 Å². The normalized spacial score (nSPS) is 16.0. The van der Waals surface area contributed by atoms with Crippen LogP contribution in [0.5, 0.6) is 0 Å². The van der Waals surface area contributed by atoms with E-state index >= 15 is 0 Å². The standard InChI is InChI=1S/C24H25FN4O2S/c1-2-3-10-27-23(30)17-11-21-22(12-18(17)25)32-14-19(26)24(31)29(21)13-16-9-8-15-6-4-5-7-20(15)28-16/h4-9,11-12,19H,2-3,10,13-14,26H2,1H3,(H,27,30)/t19-/m0/s1. The van der Waals surface area contributed by atoms with Crippen LogP contribution in [0.15, 0.2) is 53.4 Å². The molecule has 1 aliphatic heterocycles. The number of benzene rings is 2. The molecule has 2 aromatic carbocycles. The fourth-order valence-electron chi connectivity index (χ4n) is 3.61. The van der Waals surface area contributed by atoms with Crippen molar-refractivity contribution in [2.45, 2.75) is 37.2 Å². The molecular formula is C24H25FN4O2S. The number of halogens is 1. The van der Waals surface area contributed by atoms with E-state index in [0.29, 0.717) is 28.6 Å². The van der Waals surface area contributed by atoms with Gasteiger partial charge in [0.15, 0.2) is 0 Å². The number of pyridine rings is 1. The molecule has 2 heterocycles. The topological polar surface area (TPSA) is 88.3 Å². The summed E-state index contributed by atoms with van der Waals surface area (Å²) in [5.74, 6) is -1.06. The minimum absolute atomic E-state index is 0.0832. The van der Waals surface area contributed by atoms with Crippen LogP contribution in [0.3, 0.4) is 0 Å². The van der Waals surface area contributed by atoms with Crippen LogP contribution in [0.2, 0.25) is 0 Å².